The van der Waals surface area contributed by atoms with E-state index in [4.69, 9.17) is 0 Å². The predicted molar refractivity (Wildman–Crippen MR) is 133 cm³/mol. The highest BCUT2D eigenvalue weighted by Crippen LogP contribution is 2.25. The van der Waals surface area contributed by atoms with E-state index in [-0.39, 0.29) is 10.7 Å². The zero-order chi connectivity index (χ0) is 25.1. The van der Waals surface area contributed by atoms with Gasteiger partial charge in [-0.05, 0) is 80.4 Å². The van der Waals surface area contributed by atoms with Crippen LogP contribution in [0.25, 0.3) is 0 Å². The zero-order valence-electron chi connectivity index (χ0n) is 19.2. The Morgan fingerprint density at radius 1 is 0.941 bits per heavy atom. The largest absolute Gasteiger partial charge is 0.324 e. The molecule has 0 saturated carbocycles. The molecule has 9 nitrogen and oxygen atoms in total. The fraction of sp³-hybridized carbons (Fsp3) is 0.217. The summed E-state index contributed by atoms with van der Waals surface area (Å²) in [5.74, 6) is -0.382. The molecule has 180 valence electrons. The Kier molecular flexibility index (Phi) is 7.27. The minimum Gasteiger partial charge on any atom is -0.324 e. The Morgan fingerprint density at radius 3 is 2.09 bits per heavy atom. The zero-order valence-corrected chi connectivity index (χ0v) is 20.8. The summed E-state index contributed by atoms with van der Waals surface area (Å²) in [6.45, 7) is 5.18. The average Bonchev–Trinajstić information content (AvgIpc) is 2.73. The van der Waals surface area contributed by atoms with E-state index in [1.165, 1.54) is 43.5 Å². The van der Waals surface area contributed by atoms with E-state index in [0.717, 1.165) is 21.7 Å². The normalized spacial score (nSPS) is 12.6. The van der Waals surface area contributed by atoms with Crippen molar-refractivity contribution in [3.8, 4) is 0 Å². The van der Waals surface area contributed by atoms with Gasteiger partial charge >= 0.3 is 0 Å². The molecule has 3 rings (SSSR count). The Labute approximate surface area is 199 Å². The van der Waals surface area contributed by atoms with Gasteiger partial charge in [0.1, 0.15) is 11.9 Å². The second-order valence-electron chi connectivity index (χ2n) is 7.91. The number of amides is 1. The molecule has 2 aromatic carbocycles. The topological polar surface area (TPSA) is 126 Å². The molecule has 2 N–H and O–H groups in total. The monoisotopic (exact) mass is 502 g/mol. The summed E-state index contributed by atoms with van der Waals surface area (Å²) in [6.07, 6.45) is 2.51. The van der Waals surface area contributed by atoms with Gasteiger partial charge in [-0.2, -0.15) is 0 Å². The number of aromatic nitrogens is 1. The fourth-order valence-electron chi connectivity index (χ4n) is 3.47. The first-order chi connectivity index (χ1) is 15.9. The van der Waals surface area contributed by atoms with E-state index >= 15 is 0 Å². The minimum atomic E-state index is -3.86. The maximum Gasteiger partial charge on any atom is 0.263 e. The van der Waals surface area contributed by atoms with Crippen LogP contribution in [0.4, 0.5) is 17.2 Å². The van der Waals surface area contributed by atoms with Crippen molar-refractivity contribution in [2.75, 3.05) is 20.6 Å². The number of pyridine rings is 1. The highest BCUT2D eigenvalue weighted by molar-refractivity contribution is 7.92. The van der Waals surface area contributed by atoms with Crippen LogP contribution >= 0.6 is 0 Å². The summed E-state index contributed by atoms with van der Waals surface area (Å²) < 4.78 is 53.6. The first-order valence-corrected chi connectivity index (χ1v) is 13.6. The molecule has 34 heavy (non-hydrogen) atoms. The van der Waals surface area contributed by atoms with Crippen molar-refractivity contribution in [2.45, 2.75) is 31.7 Å². The molecule has 1 amide bonds. The summed E-state index contributed by atoms with van der Waals surface area (Å²) in [5.41, 5.74) is 2.45. The molecule has 0 bridgehead atoms. The maximum absolute atomic E-state index is 12.9. The molecule has 0 saturated heterocycles. The van der Waals surface area contributed by atoms with Gasteiger partial charge in [0.05, 0.1) is 16.8 Å². The number of carbonyl (C=O) groups is 1. The van der Waals surface area contributed by atoms with E-state index in [9.17, 15) is 21.6 Å². The van der Waals surface area contributed by atoms with Crippen LogP contribution in [0.1, 0.15) is 18.1 Å². The van der Waals surface area contributed by atoms with Crippen LogP contribution < -0.4 is 14.3 Å². The van der Waals surface area contributed by atoms with Crippen LogP contribution in [0, 0.1) is 13.8 Å². The quantitative estimate of drug-likeness (QED) is 0.487. The van der Waals surface area contributed by atoms with Gasteiger partial charge in [-0.15, -0.1) is 0 Å². The highest BCUT2D eigenvalue weighted by atomic mass is 32.2. The minimum absolute atomic E-state index is 0.0165. The molecule has 0 fully saturated rings. The highest BCUT2D eigenvalue weighted by Gasteiger charge is 2.29. The molecular weight excluding hydrogens is 476 g/mol. The third kappa shape index (κ3) is 6.12. The molecule has 1 heterocycles. The number of anilines is 3. The number of nitrogens with one attached hydrogen (secondary N) is 2. The van der Waals surface area contributed by atoms with Crippen LogP contribution in [-0.4, -0.2) is 40.0 Å². The van der Waals surface area contributed by atoms with E-state index < -0.39 is 32.0 Å². The number of hydrogen-bond donors (Lipinski definition) is 2. The van der Waals surface area contributed by atoms with Crippen molar-refractivity contribution in [1.82, 2.24) is 4.98 Å². The summed E-state index contributed by atoms with van der Waals surface area (Å²) in [6, 6.07) is 14.6. The Morgan fingerprint density at radius 2 is 1.56 bits per heavy atom. The molecule has 1 unspecified atom stereocenters. The molecule has 0 radical (unpaired) electrons. The summed E-state index contributed by atoms with van der Waals surface area (Å²) in [7, 11) is -7.63. The molecule has 3 aromatic rings. The molecule has 1 aromatic heterocycles. The second kappa shape index (κ2) is 9.82. The first-order valence-electron chi connectivity index (χ1n) is 10.3. The molecule has 0 aliphatic heterocycles. The lowest BCUT2D eigenvalue weighted by Gasteiger charge is -2.28. The molecule has 11 heteroatoms. The fourth-order valence-corrected chi connectivity index (χ4v) is 5.64. The third-order valence-electron chi connectivity index (χ3n) is 4.89. The standard InChI is InChI=1S/C23H26N4O5S2/c1-16-13-17(2)15-20(14-16)27(33(4,29)30)18(3)23(28)25-19-8-10-21(11-9-19)34(31,32)26-22-7-5-6-12-24-22/h5-15,18H,1-4H3,(H,24,26)(H,25,28). The number of sulfonamides is 2. The summed E-state index contributed by atoms with van der Waals surface area (Å²) in [4.78, 5) is 16.8. The number of aryl methyl sites for hydroxylation is 2. The van der Waals surface area contributed by atoms with E-state index in [2.05, 4.69) is 15.0 Å². The van der Waals surface area contributed by atoms with Crippen molar-refractivity contribution in [3.05, 3.63) is 78.0 Å². The van der Waals surface area contributed by atoms with Crippen LogP contribution in [0.3, 0.4) is 0 Å². The van der Waals surface area contributed by atoms with Crippen LogP contribution in [0.15, 0.2) is 71.8 Å². The van der Waals surface area contributed by atoms with Gasteiger partial charge < -0.3 is 5.32 Å². The van der Waals surface area contributed by atoms with Crippen molar-refractivity contribution < 1.29 is 21.6 Å². The molecule has 1 atom stereocenters. The van der Waals surface area contributed by atoms with E-state index in [1.54, 1.807) is 24.3 Å². The maximum atomic E-state index is 12.9. The van der Waals surface area contributed by atoms with Crippen LogP contribution in [0.2, 0.25) is 0 Å². The van der Waals surface area contributed by atoms with Gasteiger partial charge in [0, 0.05) is 11.9 Å². The first kappa shape index (κ1) is 25.2. The predicted octanol–water partition coefficient (Wildman–Crippen LogP) is 3.29. The number of rotatable bonds is 8. The lowest BCUT2D eigenvalue weighted by atomic mass is 10.1. The lowest BCUT2D eigenvalue weighted by molar-refractivity contribution is -0.116. The SMILES string of the molecule is Cc1cc(C)cc(N(C(C)C(=O)Nc2ccc(S(=O)(=O)Nc3ccccn3)cc2)S(C)(=O)=O)c1. The number of nitrogens with zero attached hydrogens (tertiary/aromatic N) is 2. The Hall–Kier alpha value is -3.44. The Bertz CT molecular complexity index is 1370. The molecule has 0 aliphatic rings. The van der Waals surface area contributed by atoms with E-state index in [1.807, 2.05) is 19.9 Å². The molecule has 0 aliphatic carbocycles. The van der Waals surface area contributed by atoms with Gasteiger partial charge in [0.25, 0.3) is 10.0 Å². The van der Waals surface area contributed by atoms with Gasteiger partial charge in [-0.3, -0.25) is 13.8 Å². The van der Waals surface area contributed by atoms with Crippen LogP contribution in [0.5, 0.6) is 0 Å². The van der Waals surface area contributed by atoms with Crippen LogP contribution in [-0.2, 0) is 24.8 Å². The second-order valence-corrected chi connectivity index (χ2v) is 11.5. The average molecular weight is 503 g/mol. The lowest BCUT2D eigenvalue weighted by Crippen LogP contribution is -2.45. The summed E-state index contributed by atoms with van der Waals surface area (Å²) >= 11 is 0. The molecular formula is C23H26N4O5S2. The van der Waals surface area contributed by atoms with E-state index in [0.29, 0.717) is 11.4 Å². The van der Waals surface area contributed by atoms with Crippen molar-refractivity contribution in [1.29, 1.82) is 0 Å². The van der Waals surface area contributed by atoms with Crippen molar-refractivity contribution in [3.63, 3.8) is 0 Å². The number of benzene rings is 2. The Balaban J connectivity index is 1.78. The molecule has 0 spiro atoms. The van der Waals surface area contributed by atoms with Gasteiger partial charge in [-0.1, -0.05) is 12.1 Å². The van der Waals surface area contributed by atoms with Gasteiger partial charge in [-0.25, -0.2) is 21.8 Å². The summed E-state index contributed by atoms with van der Waals surface area (Å²) in [5, 5.41) is 2.65. The van der Waals surface area contributed by atoms with Crippen molar-refractivity contribution in [2.24, 2.45) is 0 Å². The van der Waals surface area contributed by atoms with Gasteiger partial charge in [0.2, 0.25) is 15.9 Å². The van der Waals surface area contributed by atoms with Gasteiger partial charge in [0.15, 0.2) is 0 Å². The number of hydrogen-bond acceptors (Lipinski definition) is 6. The smallest absolute Gasteiger partial charge is 0.263 e. The number of carbonyl (C=O) groups excluding carboxylic acids is 1. The van der Waals surface area contributed by atoms with Crippen molar-refractivity contribution >= 4 is 43.1 Å². The third-order valence-corrected chi connectivity index (χ3v) is 7.50.